The number of benzene rings is 2. The van der Waals surface area contributed by atoms with Gasteiger partial charge < -0.3 is 24.4 Å². The summed E-state index contributed by atoms with van der Waals surface area (Å²) in [5.74, 6) is -1.34. The summed E-state index contributed by atoms with van der Waals surface area (Å²) in [6, 6.07) is 8.05. The Morgan fingerprint density at radius 2 is 1.74 bits per heavy atom. The van der Waals surface area contributed by atoms with Crippen molar-refractivity contribution >= 4 is 23.8 Å². The van der Waals surface area contributed by atoms with Gasteiger partial charge in [0.15, 0.2) is 18.0 Å². The number of carbonyl (C=O) groups is 3. The molecule has 0 aromatic heterocycles. The molecule has 0 radical (unpaired) electrons. The summed E-state index contributed by atoms with van der Waals surface area (Å²) < 4.78 is 16.5. The lowest BCUT2D eigenvalue weighted by Gasteiger charge is -2.24. The van der Waals surface area contributed by atoms with Gasteiger partial charge in [-0.05, 0) is 74.7 Å². The fourth-order valence-corrected chi connectivity index (χ4v) is 3.08. The molecule has 1 aliphatic heterocycles. The molecule has 1 aliphatic rings. The minimum atomic E-state index is -1.39. The smallest absolute Gasteiger partial charge is 0.347 e. The van der Waals surface area contributed by atoms with Gasteiger partial charge in [-0.1, -0.05) is 0 Å². The molecule has 0 bridgehead atoms. The predicted octanol–water partition coefficient (Wildman–Crippen LogP) is 3.63. The van der Waals surface area contributed by atoms with E-state index >= 15 is 0 Å². The van der Waals surface area contributed by atoms with Gasteiger partial charge in [0.25, 0.3) is 0 Å². The minimum absolute atomic E-state index is 0.115. The number of allylic oxidation sites excluding steroid dienone is 1. The quantitative estimate of drug-likeness (QED) is 0.644. The van der Waals surface area contributed by atoms with Crippen LogP contribution in [0.25, 0.3) is 6.08 Å². The molecule has 0 fully saturated rings. The maximum Gasteiger partial charge on any atom is 0.347 e. The lowest BCUT2D eigenvalue weighted by Crippen LogP contribution is -2.38. The monoisotopic (exact) mass is 426 g/mol. The molecule has 3 rings (SSSR count). The number of aryl methyl sites for hydroxylation is 2. The highest BCUT2D eigenvalue weighted by atomic mass is 16.5. The zero-order chi connectivity index (χ0) is 22.9. The number of hydrogen-bond donors (Lipinski definition) is 2. The van der Waals surface area contributed by atoms with E-state index in [1.54, 1.807) is 32.1 Å². The summed E-state index contributed by atoms with van der Waals surface area (Å²) >= 11 is 0. The van der Waals surface area contributed by atoms with Gasteiger partial charge in [0, 0.05) is 6.07 Å². The third kappa shape index (κ3) is 4.69. The van der Waals surface area contributed by atoms with Crippen LogP contribution in [-0.2, 0) is 9.59 Å². The van der Waals surface area contributed by atoms with Gasteiger partial charge in [0.2, 0.25) is 5.78 Å². The molecule has 0 atom stereocenters. The van der Waals surface area contributed by atoms with Crippen LogP contribution in [0.5, 0.6) is 17.2 Å². The first-order chi connectivity index (χ1) is 14.5. The average Bonchev–Trinajstić information content (AvgIpc) is 2.98. The first kappa shape index (κ1) is 21.9. The summed E-state index contributed by atoms with van der Waals surface area (Å²) in [6.45, 7) is 6.03. The van der Waals surface area contributed by atoms with E-state index in [4.69, 9.17) is 19.3 Å². The van der Waals surface area contributed by atoms with Gasteiger partial charge in [-0.15, -0.1) is 0 Å². The minimum Gasteiger partial charge on any atom is -0.482 e. The maximum absolute atomic E-state index is 12.7. The van der Waals surface area contributed by atoms with Crippen LogP contribution in [0.4, 0.5) is 0 Å². The summed E-state index contributed by atoms with van der Waals surface area (Å²) in [6.07, 6.45) is 1.59. The molecule has 0 aliphatic carbocycles. The van der Waals surface area contributed by atoms with Crippen LogP contribution in [0.15, 0.2) is 36.1 Å². The van der Waals surface area contributed by atoms with Crippen molar-refractivity contribution in [1.29, 1.82) is 0 Å². The van der Waals surface area contributed by atoms with Gasteiger partial charge in [0.05, 0.1) is 5.56 Å². The number of carbonyl (C=O) groups excluding carboxylic acids is 1. The Morgan fingerprint density at radius 3 is 2.32 bits per heavy atom. The van der Waals surface area contributed by atoms with Crippen LogP contribution in [0.2, 0.25) is 0 Å². The molecular weight excluding hydrogens is 404 g/mol. The molecule has 0 saturated carbocycles. The van der Waals surface area contributed by atoms with E-state index in [0.29, 0.717) is 28.0 Å². The highest BCUT2D eigenvalue weighted by Crippen LogP contribution is 2.36. The fraction of sp³-hybridized carbons (Fsp3) is 0.261. The zero-order valence-electron chi connectivity index (χ0n) is 17.5. The van der Waals surface area contributed by atoms with Crippen molar-refractivity contribution in [2.75, 3.05) is 6.61 Å². The second kappa shape index (κ2) is 8.14. The molecule has 2 N–H and O–H groups in total. The van der Waals surface area contributed by atoms with Crippen LogP contribution in [0.3, 0.4) is 0 Å². The molecule has 8 heteroatoms. The van der Waals surface area contributed by atoms with Crippen LogP contribution >= 0.6 is 0 Å². The Labute approximate surface area is 178 Å². The molecule has 8 nitrogen and oxygen atoms in total. The number of fused-ring (bicyclic) bond motifs is 1. The molecule has 0 amide bonds. The van der Waals surface area contributed by atoms with E-state index < -0.39 is 24.1 Å². The van der Waals surface area contributed by atoms with Crippen molar-refractivity contribution < 1.29 is 38.8 Å². The van der Waals surface area contributed by atoms with Gasteiger partial charge in [-0.2, -0.15) is 0 Å². The van der Waals surface area contributed by atoms with Crippen molar-refractivity contribution in [3.05, 3.63) is 58.3 Å². The Morgan fingerprint density at radius 1 is 1.10 bits per heavy atom. The van der Waals surface area contributed by atoms with E-state index in [1.165, 1.54) is 32.0 Å². The van der Waals surface area contributed by atoms with Gasteiger partial charge >= 0.3 is 11.9 Å². The first-order valence-electron chi connectivity index (χ1n) is 9.44. The van der Waals surface area contributed by atoms with Crippen molar-refractivity contribution in [2.24, 2.45) is 0 Å². The van der Waals surface area contributed by atoms with Crippen molar-refractivity contribution in [3.8, 4) is 17.2 Å². The van der Waals surface area contributed by atoms with E-state index in [0.717, 1.165) is 0 Å². The number of aliphatic carboxylic acids is 2. The van der Waals surface area contributed by atoms with E-state index in [1.807, 2.05) is 0 Å². The molecule has 31 heavy (non-hydrogen) atoms. The summed E-state index contributed by atoms with van der Waals surface area (Å²) in [5, 5.41) is 18.0. The molecule has 162 valence electrons. The number of ketones is 1. The molecule has 1 heterocycles. The second-order valence-corrected chi connectivity index (χ2v) is 7.68. The topological polar surface area (TPSA) is 119 Å². The lowest BCUT2D eigenvalue weighted by atomic mass is 10.0. The van der Waals surface area contributed by atoms with Crippen molar-refractivity contribution in [2.45, 2.75) is 33.3 Å². The van der Waals surface area contributed by atoms with Gasteiger partial charge in [-0.3, -0.25) is 4.79 Å². The normalized spacial score (nSPS) is 14.2. The largest absolute Gasteiger partial charge is 0.482 e. The summed E-state index contributed by atoms with van der Waals surface area (Å²) in [4.78, 5) is 34.7. The van der Waals surface area contributed by atoms with E-state index in [9.17, 15) is 19.5 Å². The zero-order valence-corrected chi connectivity index (χ0v) is 17.5. The van der Waals surface area contributed by atoms with Crippen LogP contribution < -0.4 is 14.2 Å². The van der Waals surface area contributed by atoms with Crippen molar-refractivity contribution in [3.63, 3.8) is 0 Å². The molecule has 0 saturated heterocycles. The molecule has 0 unspecified atom stereocenters. The van der Waals surface area contributed by atoms with E-state index in [-0.39, 0.29) is 23.0 Å². The fourth-order valence-electron chi connectivity index (χ4n) is 3.08. The van der Waals surface area contributed by atoms with Crippen LogP contribution in [-0.4, -0.2) is 40.1 Å². The number of carboxylic acid groups (broad SMARTS) is 2. The number of hydrogen-bond acceptors (Lipinski definition) is 6. The predicted molar refractivity (Wildman–Crippen MR) is 111 cm³/mol. The third-order valence-corrected chi connectivity index (χ3v) is 4.66. The maximum atomic E-state index is 12.7. The number of Topliss-reactive ketones (excluding diaryl/α,β-unsaturated/α-hetero) is 1. The standard InChI is InChI=1S/C23H22O8/c1-12-7-14(8-13(2)21(12)31-23(3,4)22(27)28)9-18-20(26)16-6-5-15(10-17(16)30-18)29-11-19(24)25/h5-10H,11H2,1-4H3,(H,24,25)(H,27,28)/b18-9-. The first-order valence-corrected chi connectivity index (χ1v) is 9.44. The molecule has 2 aromatic carbocycles. The second-order valence-electron chi connectivity index (χ2n) is 7.68. The molecule has 2 aromatic rings. The number of carboxylic acids is 2. The van der Waals surface area contributed by atoms with Crippen LogP contribution in [0.1, 0.15) is 40.9 Å². The Bertz CT molecular complexity index is 1090. The Balaban J connectivity index is 1.85. The van der Waals surface area contributed by atoms with Gasteiger partial charge in [0.1, 0.15) is 17.2 Å². The van der Waals surface area contributed by atoms with E-state index in [2.05, 4.69) is 0 Å². The van der Waals surface area contributed by atoms with Crippen LogP contribution in [0, 0.1) is 13.8 Å². The Kier molecular flexibility index (Phi) is 5.75. The SMILES string of the molecule is Cc1cc(/C=C2\Oc3cc(OCC(=O)O)ccc3C2=O)cc(C)c1OC(C)(C)C(=O)O. The number of ether oxygens (including phenoxy) is 3. The Hall–Kier alpha value is -3.81. The third-order valence-electron chi connectivity index (χ3n) is 4.66. The lowest BCUT2D eigenvalue weighted by molar-refractivity contribution is -0.152. The highest BCUT2D eigenvalue weighted by Gasteiger charge is 2.31. The molecule has 0 spiro atoms. The average molecular weight is 426 g/mol. The summed E-state index contributed by atoms with van der Waals surface area (Å²) in [7, 11) is 0. The van der Waals surface area contributed by atoms with Gasteiger partial charge in [-0.25, -0.2) is 9.59 Å². The highest BCUT2D eigenvalue weighted by molar-refractivity contribution is 6.14. The number of rotatable bonds is 7. The summed E-state index contributed by atoms with van der Waals surface area (Å²) in [5.41, 5.74) is 1.09. The van der Waals surface area contributed by atoms with Crippen molar-refractivity contribution in [1.82, 2.24) is 0 Å². The molecular formula is C23H22O8.